The Kier molecular flexibility index (Phi) is 5.85. The van der Waals surface area contributed by atoms with Crippen molar-refractivity contribution in [3.05, 3.63) is 71.8 Å². The van der Waals surface area contributed by atoms with Crippen LogP contribution in [0.25, 0.3) is 6.08 Å². The van der Waals surface area contributed by atoms with Gasteiger partial charge in [-0.2, -0.15) is 5.10 Å². The average molecular weight is 322 g/mol. The third kappa shape index (κ3) is 5.42. The van der Waals surface area contributed by atoms with Crippen LogP contribution in [0.5, 0.6) is 5.75 Å². The van der Waals surface area contributed by atoms with Gasteiger partial charge in [0.2, 0.25) is 5.96 Å². The van der Waals surface area contributed by atoms with Gasteiger partial charge in [0.05, 0.1) is 5.71 Å². The van der Waals surface area contributed by atoms with Gasteiger partial charge in [-0.25, -0.2) is 0 Å². The first-order valence-corrected chi connectivity index (χ1v) is 7.26. The van der Waals surface area contributed by atoms with E-state index in [9.17, 15) is 9.90 Å². The standard InChI is InChI=1S/C18H18N4O2/c1-13(15-8-10-16(23)11-9-15)21-22-18(19)20-17(24)12-7-14-5-3-2-4-6-14/h2-12,23H,1H3,(H3,19,20,22,24)/b12-7+,21-13-. The second-order valence-corrected chi connectivity index (χ2v) is 4.95. The largest absolute Gasteiger partial charge is 0.508 e. The second kappa shape index (κ2) is 8.28. The molecule has 0 heterocycles. The number of phenols is 1. The zero-order valence-electron chi connectivity index (χ0n) is 13.2. The Morgan fingerprint density at radius 2 is 1.75 bits per heavy atom. The Balaban J connectivity index is 1.95. The number of nitrogens with one attached hydrogen (secondary N) is 1. The number of rotatable bonds is 4. The summed E-state index contributed by atoms with van der Waals surface area (Å²) in [5.74, 6) is -0.319. The molecule has 0 aliphatic carbocycles. The van der Waals surface area contributed by atoms with E-state index in [0.29, 0.717) is 5.71 Å². The Labute approximate surface area is 140 Å². The van der Waals surface area contributed by atoms with E-state index in [4.69, 9.17) is 5.73 Å². The lowest BCUT2D eigenvalue weighted by Crippen LogP contribution is -2.35. The van der Waals surface area contributed by atoms with Gasteiger partial charge in [0.25, 0.3) is 5.91 Å². The predicted octanol–water partition coefficient (Wildman–Crippen LogP) is 2.26. The maximum atomic E-state index is 11.7. The van der Waals surface area contributed by atoms with Crippen LogP contribution < -0.4 is 11.1 Å². The third-order valence-corrected chi connectivity index (χ3v) is 3.07. The van der Waals surface area contributed by atoms with E-state index in [1.807, 2.05) is 30.3 Å². The van der Waals surface area contributed by atoms with Crippen LogP contribution in [0.15, 0.2) is 70.9 Å². The van der Waals surface area contributed by atoms with Crippen molar-refractivity contribution in [2.45, 2.75) is 6.92 Å². The average Bonchev–Trinajstić information content (AvgIpc) is 2.59. The fraction of sp³-hybridized carbons (Fsp3) is 0.0556. The molecular formula is C18H18N4O2. The number of benzene rings is 2. The van der Waals surface area contributed by atoms with Crippen LogP contribution in [0.2, 0.25) is 0 Å². The van der Waals surface area contributed by atoms with Crippen LogP contribution in [0.4, 0.5) is 0 Å². The smallest absolute Gasteiger partial charge is 0.250 e. The highest BCUT2D eigenvalue weighted by atomic mass is 16.3. The fourth-order valence-corrected chi connectivity index (χ4v) is 1.82. The summed E-state index contributed by atoms with van der Waals surface area (Å²) in [4.78, 5) is 11.7. The second-order valence-electron chi connectivity index (χ2n) is 4.95. The normalized spacial score (nSPS) is 12.4. The molecule has 0 aliphatic heterocycles. The summed E-state index contributed by atoms with van der Waals surface area (Å²) in [6.45, 7) is 1.75. The molecule has 0 aromatic heterocycles. The Hall–Kier alpha value is -3.41. The number of aromatic hydroxyl groups is 1. The zero-order valence-corrected chi connectivity index (χ0v) is 13.2. The molecule has 2 aromatic rings. The highest BCUT2D eigenvalue weighted by Crippen LogP contribution is 2.10. The molecule has 2 rings (SSSR count). The molecule has 0 atom stereocenters. The topological polar surface area (TPSA) is 100 Å². The van der Waals surface area contributed by atoms with E-state index in [-0.39, 0.29) is 11.7 Å². The predicted molar refractivity (Wildman–Crippen MR) is 95.6 cm³/mol. The number of amides is 1. The molecule has 0 fully saturated rings. The molecular weight excluding hydrogens is 304 g/mol. The van der Waals surface area contributed by atoms with Crippen molar-refractivity contribution in [3.63, 3.8) is 0 Å². The summed E-state index contributed by atoms with van der Waals surface area (Å²) in [5, 5.41) is 19.4. The zero-order chi connectivity index (χ0) is 17.4. The SMILES string of the molecule is C/C(=N/N=C(\N)NC(=O)/C=C/c1ccccc1)c1ccc(O)cc1. The molecule has 0 bridgehead atoms. The summed E-state index contributed by atoms with van der Waals surface area (Å²) in [6, 6.07) is 16.0. The molecule has 0 unspecified atom stereocenters. The minimum absolute atomic E-state index is 0.101. The van der Waals surface area contributed by atoms with Crippen molar-refractivity contribution < 1.29 is 9.90 Å². The Morgan fingerprint density at radius 3 is 2.42 bits per heavy atom. The maximum absolute atomic E-state index is 11.7. The minimum atomic E-state index is -0.391. The quantitative estimate of drug-likeness (QED) is 0.348. The molecule has 0 saturated heterocycles. The lowest BCUT2D eigenvalue weighted by molar-refractivity contribution is -0.115. The van der Waals surface area contributed by atoms with Gasteiger partial charge in [-0.05, 0) is 48.4 Å². The monoisotopic (exact) mass is 322 g/mol. The Morgan fingerprint density at radius 1 is 1.08 bits per heavy atom. The first-order chi connectivity index (χ1) is 11.5. The molecule has 0 saturated carbocycles. The highest BCUT2D eigenvalue weighted by Gasteiger charge is 2.00. The lowest BCUT2D eigenvalue weighted by Gasteiger charge is -2.01. The van der Waals surface area contributed by atoms with Crippen molar-refractivity contribution in [3.8, 4) is 5.75 Å². The lowest BCUT2D eigenvalue weighted by atomic mass is 10.1. The molecule has 6 nitrogen and oxygen atoms in total. The highest BCUT2D eigenvalue weighted by molar-refractivity contribution is 6.04. The molecule has 6 heteroatoms. The summed E-state index contributed by atoms with van der Waals surface area (Å²) < 4.78 is 0. The van der Waals surface area contributed by atoms with Gasteiger partial charge < -0.3 is 10.8 Å². The van der Waals surface area contributed by atoms with Crippen LogP contribution in [0, 0.1) is 0 Å². The summed E-state index contributed by atoms with van der Waals surface area (Å²) in [5.41, 5.74) is 7.93. The van der Waals surface area contributed by atoms with Gasteiger partial charge >= 0.3 is 0 Å². The van der Waals surface area contributed by atoms with E-state index < -0.39 is 5.91 Å². The summed E-state index contributed by atoms with van der Waals surface area (Å²) in [6.07, 6.45) is 3.04. The van der Waals surface area contributed by atoms with Crippen LogP contribution in [-0.4, -0.2) is 22.7 Å². The summed E-state index contributed by atoms with van der Waals surface area (Å²) in [7, 11) is 0. The number of carbonyl (C=O) groups excluding carboxylic acids is 1. The number of hydrogen-bond acceptors (Lipinski definition) is 4. The van der Waals surface area contributed by atoms with Gasteiger partial charge in [0.15, 0.2) is 0 Å². The van der Waals surface area contributed by atoms with Crippen LogP contribution in [0.1, 0.15) is 18.1 Å². The molecule has 1 amide bonds. The van der Waals surface area contributed by atoms with E-state index in [0.717, 1.165) is 11.1 Å². The van der Waals surface area contributed by atoms with E-state index in [1.165, 1.54) is 6.08 Å². The number of phenolic OH excluding ortho intramolecular Hbond substituents is 1. The van der Waals surface area contributed by atoms with Gasteiger partial charge in [-0.3, -0.25) is 10.1 Å². The number of nitrogens with two attached hydrogens (primary N) is 1. The fourth-order valence-electron chi connectivity index (χ4n) is 1.82. The van der Waals surface area contributed by atoms with Gasteiger partial charge in [0, 0.05) is 6.08 Å². The van der Waals surface area contributed by atoms with Gasteiger partial charge in [-0.1, -0.05) is 30.3 Å². The molecule has 0 radical (unpaired) electrons. The number of guanidine groups is 1. The van der Waals surface area contributed by atoms with Crippen LogP contribution >= 0.6 is 0 Å². The van der Waals surface area contributed by atoms with Crippen molar-refractivity contribution in [2.24, 2.45) is 15.9 Å². The van der Waals surface area contributed by atoms with Crippen LogP contribution in [0.3, 0.4) is 0 Å². The molecule has 24 heavy (non-hydrogen) atoms. The number of carbonyl (C=O) groups is 1. The minimum Gasteiger partial charge on any atom is -0.508 e. The third-order valence-electron chi connectivity index (χ3n) is 3.07. The Bertz CT molecular complexity index is 778. The summed E-state index contributed by atoms with van der Waals surface area (Å²) >= 11 is 0. The molecule has 2 aromatic carbocycles. The van der Waals surface area contributed by atoms with Crippen molar-refractivity contribution in [1.29, 1.82) is 0 Å². The number of nitrogens with zero attached hydrogens (tertiary/aromatic N) is 2. The van der Waals surface area contributed by atoms with Gasteiger partial charge in [-0.15, -0.1) is 5.10 Å². The van der Waals surface area contributed by atoms with E-state index in [1.54, 1.807) is 37.3 Å². The van der Waals surface area contributed by atoms with E-state index in [2.05, 4.69) is 15.5 Å². The van der Waals surface area contributed by atoms with Gasteiger partial charge in [0.1, 0.15) is 5.75 Å². The maximum Gasteiger partial charge on any atom is 0.250 e. The molecule has 4 N–H and O–H groups in total. The van der Waals surface area contributed by atoms with Crippen molar-refractivity contribution >= 4 is 23.7 Å². The van der Waals surface area contributed by atoms with Crippen molar-refractivity contribution in [1.82, 2.24) is 5.32 Å². The number of hydrogen-bond donors (Lipinski definition) is 3. The molecule has 0 aliphatic rings. The van der Waals surface area contributed by atoms with Crippen molar-refractivity contribution in [2.75, 3.05) is 0 Å². The van der Waals surface area contributed by atoms with E-state index >= 15 is 0 Å². The first kappa shape index (κ1) is 17.0. The first-order valence-electron chi connectivity index (χ1n) is 7.26. The van der Waals surface area contributed by atoms with Crippen LogP contribution in [-0.2, 0) is 4.79 Å². The molecule has 0 spiro atoms. The molecule has 122 valence electrons.